The van der Waals surface area contributed by atoms with Crippen LogP contribution in [0.4, 0.5) is 10.5 Å². The maximum atomic E-state index is 11.2. The molecule has 0 aromatic heterocycles. The number of hydrogen-bond acceptors (Lipinski definition) is 4. The molecule has 1 rings (SSSR count). The maximum Gasteiger partial charge on any atom is 0.332 e. The summed E-state index contributed by atoms with van der Waals surface area (Å²) in [6, 6.07) is 3.94. The quantitative estimate of drug-likeness (QED) is 0.701. The molecule has 0 heterocycles. The van der Waals surface area contributed by atoms with Crippen LogP contribution in [0.1, 0.15) is 0 Å². The molecule has 1 aromatic carbocycles. The maximum absolute atomic E-state index is 11.2. The number of methoxy groups -OCH3 is 2. The normalized spacial score (nSPS) is 11.5. The van der Waals surface area contributed by atoms with Gasteiger partial charge in [-0.05, 0) is 12.1 Å². The van der Waals surface area contributed by atoms with Gasteiger partial charge in [-0.3, -0.25) is 4.55 Å². The van der Waals surface area contributed by atoms with Crippen molar-refractivity contribution in [2.45, 2.75) is 0 Å². The van der Waals surface area contributed by atoms with Crippen LogP contribution in [0.2, 0.25) is 0 Å². The average Bonchev–Trinajstić information content (AvgIpc) is 2.28. The fourth-order valence-electron chi connectivity index (χ4n) is 1.13. The molecule has 17 heavy (non-hydrogen) atoms. The van der Waals surface area contributed by atoms with Crippen LogP contribution < -0.4 is 19.5 Å². The van der Waals surface area contributed by atoms with Crippen LogP contribution in [0.25, 0.3) is 0 Å². The van der Waals surface area contributed by atoms with Gasteiger partial charge in [0.15, 0.2) is 0 Å². The fraction of sp³-hybridized carbons (Fsp3) is 0.222. The van der Waals surface area contributed by atoms with Crippen LogP contribution in [0.3, 0.4) is 0 Å². The molecule has 7 nitrogen and oxygen atoms in total. The molecule has 3 N–H and O–H groups in total. The Balaban J connectivity index is 2.83. The van der Waals surface area contributed by atoms with Gasteiger partial charge < -0.3 is 14.8 Å². The molecule has 0 spiro atoms. The first-order valence-electron chi connectivity index (χ1n) is 4.47. The van der Waals surface area contributed by atoms with E-state index in [-0.39, 0.29) is 0 Å². The van der Waals surface area contributed by atoms with Crippen molar-refractivity contribution < 1.29 is 23.0 Å². The molecule has 1 unspecified atom stereocenters. The van der Waals surface area contributed by atoms with Crippen LogP contribution in [-0.2, 0) is 11.3 Å². The third-order valence-corrected chi connectivity index (χ3v) is 2.20. The van der Waals surface area contributed by atoms with E-state index in [1.54, 1.807) is 22.9 Å². The van der Waals surface area contributed by atoms with Gasteiger partial charge in [-0.25, -0.2) is 13.7 Å². The number of nitrogens with one attached hydrogen (secondary N) is 2. The zero-order valence-corrected chi connectivity index (χ0v) is 10.0. The highest BCUT2D eigenvalue weighted by atomic mass is 32.2. The Morgan fingerprint density at radius 3 is 2.59 bits per heavy atom. The smallest absolute Gasteiger partial charge is 0.332 e. The summed E-state index contributed by atoms with van der Waals surface area (Å²) in [4.78, 5) is 11.2. The SMILES string of the molecule is COc1ccc(NC(=O)NS(=O)O)c(OC)c1. The van der Waals surface area contributed by atoms with E-state index in [1.165, 1.54) is 14.2 Å². The lowest BCUT2D eigenvalue weighted by Crippen LogP contribution is -2.30. The summed E-state index contributed by atoms with van der Waals surface area (Å²) in [5.41, 5.74) is 0.358. The third kappa shape index (κ3) is 3.93. The first kappa shape index (κ1) is 13.3. The van der Waals surface area contributed by atoms with Gasteiger partial charge in [0.2, 0.25) is 0 Å². The Morgan fingerprint density at radius 2 is 2.06 bits per heavy atom. The lowest BCUT2D eigenvalue weighted by atomic mass is 10.2. The second kappa shape index (κ2) is 6.06. The highest BCUT2D eigenvalue weighted by molar-refractivity contribution is 7.77. The first-order valence-corrected chi connectivity index (χ1v) is 5.58. The Morgan fingerprint density at radius 1 is 1.35 bits per heavy atom. The molecule has 0 aliphatic carbocycles. The molecule has 1 atom stereocenters. The minimum atomic E-state index is -2.41. The summed E-state index contributed by atoms with van der Waals surface area (Å²) in [6.07, 6.45) is 0. The zero-order valence-electron chi connectivity index (χ0n) is 9.22. The molecule has 1 aromatic rings. The number of rotatable bonds is 4. The van der Waals surface area contributed by atoms with Crippen LogP contribution in [-0.4, -0.2) is 29.0 Å². The Kier molecular flexibility index (Phi) is 4.73. The summed E-state index contributed by atoms with van der Waals surface area (Å²) in [5.74, 6) is 0.946. The van der Waals surface area contributed by atoms with E-state index < -0.39 is 17.3 Å². The van der Waals surface area contributed by atoms with E-state index in [0.717, 1.165) is 0 Å². The van der Waals surface area contributed by atoms with Crippen LogP contribution in [0.5, 0.6) is 11.5 Å². The fourth-order valence-corrected chi connectivity index (χ4v) is 1.34. The molecule has 94 valence electrons. The summed E-state index contributed by atoms with van der Waals surface area (Å²) in [5, 5.41) is 2.36. The van der Waals surface area contributed by atoms with Crippen LogP contribution in [0.15, 0.2) is 18.2 Å². The topological polar surface area (TPSA) is 96.9 Å². The highest BCUT2D eigenvalue weighted by Gasteiger charge is 2.09. The monoisotopic (exact) mass is 260 g/mol. The highest BCUT2D eigenvalue weighted by Crippen LogP contribution is 2.28. The minimum Gasteiger partial charge on any atom is -0.497 e. The number of amides is 2. The average molecular weight is 260 g/mol. The van der Waals surface area contributed by atoms with Crippen molar-refractivity contribution >= 4 is 23.0 Å². The predicted molar refractivity (Wildman–Crippen MR) is 62.5 cm³/mol. The molecule has 0 saturated carbocycles. The van der Waals surface area contributed by atoms with Crippen molar-refractivity contribution in [1.82, 2.24) is 4.72 Å². The van der Waals surface area contributed by atoms with E-state index in [4.69, 9.17) is 14.0 Å². The molecule has 0 bridgehead atoms. The second-order valence-corrected chi connectivity index (χ2v) is 3.57. The summed E-state index contributed by atoms with van der Waals surface area (Å²) >= 11 is -2.41. The summed E-state index contributed by atoms with van der Waals surface area (Å²) < 4.78 is 30.6. The van der Waals surface area contributed by atoms with Crippen molar-refractivity contribution in [2.24, 2.45) is 0 Å². The van der Waals surface area contributed by atoms with Gasteiger partial charge in [0.1, 0.15) is 11.5 Å². The van der Waals surface area contributed by atoms with E-state index in [0.29, 0.717) is 17.2 Å². The molecule has 0 fully saturated rings. The predicted octanol–water partition coefficient (Wildman–Crippen LogP) is 0.962. The molecular weight excluding hydrogens is 248 g/mol. The zero-order chi connectivity index (χ0) is 12.8. The van der Waals surface area contributed by atoms with Crippen molar-refractivity contribution in [1.29, 1.82) is 0 Å². The molecule has 0 aliphatic rings. The van der Waals surface area contributed by atoms with Crippen molar-refractivity contribution in [3.63, 3.8) is 0 Å². The van der Waals surface area contributed by atoms with Crippen LogP contribution in [0, 0.1) is 0 Å². The van der Waals surface area contributed by atoms with Gasteiger partial charge in [0.05, 0.1) is 19.9 Å². The lowest BCUT2D eigenvalue weighted by molar-refractivity contribution is 0.256. The molecule has 8 heteroatoms. The largest absolute Gasteiger partial charge is 0.497 e. The number of carbonyl (C=O) groups is 1. The minimum absolute atomic E-state index is 0.358. The molecule has 0 radical (unpaired) electrons. The first-order chi connectivity index (χ1) is 8.06. The Bertz CT molecular complexity index is 437. The van der Waals surface area contributed by atoms with Gasteiger partial charge in [-0.2, -0.15) is 0 Å². The van der Waals surface area contributed by atoms with Gasteiger partial charge >= 0.3 is 6.03 Å². The van der Waals surface area contributed by atoms with Crippen molar-refractivity contribution in [3.8, 4) is 11.5 Å². The van der Waals surface area contributed by atoms with Gasteiger partial charge in [-0.15, -0.1) is 0 Å². The Labute approximate surface area is 101 Å². The third-order valence-electron chi connectivity index (χ3n) is 1.84. The van der Waals surface area contributed by atoms with E-state index in [1.807, 2.05) is 0 Å². The Hall–Kier alpha value is -1.80. The van der Waals surface area contributed by atoms with Gasteiger partial charge in [0.25, 0.3) is 11.3 Å². The molecule has 0 saturated heterocycles. The molecular formula is C9H12N2O5S. The molecule has 2 amide bonds. The lowest BCUT2D eigenvalue weighted by Gasteiger charge is -2.11. The van der Waals surface area contributed by atoms with E-state index in [2.05, 4.69) is 5.32 Å². The number of benzene rings is 1. The van der Waals surface area contributed by atoms with E-state index in [9.17, 15) is 9.00 Å². The molecule has 0 aliphatic heterocycles. The van der Waals surface area contributed by atoms with Crippen molar-refractivity contribution in [2.75, 3.05) is 19.5 Å². The van der Waals surface area contributed by atoms with Crippen LogP contribution >= 0.6 is 0 Å². The van der Waals surface area contributed by atoms with Gasteiger partial charge in [0, 0.05) is 6.07 Å². The number of hydrogen-bond donors (Lipinski definition) is 3. The van der Waals surface area contributed by atoms with E-state index >= 15 is 0 Å². The number of anilines is 1. The summed E-state index contributed by atoms with van der Waals surface area (Å²) in [6.45, 7) is 0. The number of carbonyl (C=O) groups excluding carboxylic acids is 1. The standard InChI is InChI=1S/C9H12N2O5S/c1-15-6-3-4-7(8(5-6)16-2)10-9(12)11-17(13)14/h3-5H,1-2H3,(H,13,14)(H2,10,11,12). The van der Waals surface area contributed by atoms with Crippen molar-refractivity contribution in [3.05, 3.63) is 18.2 Å². The van der Waals surface area contributed by atoms with Gasteiger partial charge in [-0.1, -0.05) is 0 Å². The number of ether oxygens (including phenoxy) is 2. The number of urea groups is 1. The second-order valence-electron chi connectivity index (χ2n) is 2.87. The summed E-state index contributed by atoms with van der Waals surface area (Å²) in [7, 11) is 2.94.